The molecule has 7 heteroatoms. The molecule has 0 radical (unpaired) electrons. The zero-order valence-corrected chi connectivity index (χ0v) is 16.5. The summed E-state index contributed by atoms with van der Waals surface area (Å²) in [5, 5.41) is 3.93. The lowest BCUT2D eigenvalue weighted by Crippen LogP contribution is -2.46. The highest BCUT2D eigenvalue weighted by atomic mass is 32.2. The summed E-state index contributed by atoms with van der Waals surface area (Å²) in [5.41, 5.74) is 3.34. The van der Waals surface area contributed by atoms with Crippen molar-refractivity contribution in [2.75, 3.05) is 44.0 Å². The Bertz CT molecular complexity index is 702. The molecule has 0 amide bonds. The van der Waals surface area contributed by atoms with Crippen LogP contribution >= 0.6 is 12.2 Å². The third-order valence-corrected chi connectivity index (χ3v) is 6.63. The molecule has 24 heavy (non-hydrogen) atoms. The minimum Gasteiger partial charge on any atom is -0.344 e. The van der Waals surface area contributed by atoms with Crippen LogP contribution in [-0.4, -0.2) is 68.1 Å². The molecule has 1 N–H and O–H groups in total. The van der Waals surface area contributed by atoms with E-state index in [1.54, 1.807) is 0 Å². The highest BCUT2D eigenvalue weighted by Crippen LogP contribution is 2.22. The van der Waals surface area contributed by atoms with Gasteiger partial charge >= 0.3 is 0 Å². The summed E-state index contributed by atoms with van der Waals surface area (Å²) in [6.07, 6.45) is 0.643. The van der Waals surface area contributed by atoms with Gasteiger partial charge in [-0.15, -0.1) is 0 Å². The van der Waals surface area contributed by atoms with Crippen LogP contribution in [0, 0.1) is 13.8 Å². The van der Waals surface area contributed by atoms with Gasteiger partial charge in [0.05, 0.1) is 11.5 Å². The van der Waals surface area contributed by atoms with Crippen molar-refractivity contribution in [3.05, 3.63) is 29.3 Å². The van der Waals surface area contributed by atoms with Gasteiger partial charge in [0.1, 0.15) is 0 Å². The van der Waals surface area contributed by atoms with E-state index in [9.17, 15) is 8.42 Å². The van der Waals surface area contributed by atoms with E-state index in [0.29, 0.717) is 18.1 Å². The van der Waals surface area contributed by atoms with E-state index < -0.39 is 9.84 Å². The van der Waals surface area contributed by atoms with Crippen molar-refractivity contribution < 1.29 is 8.42 Å². The summed E-state index contributed by atoms with van der Waals surface area (Å²) < 4.78 is 23.7. The highest BCUT2D eigenvalue weighted by molar-refractivity contribution is 7.91. The zero-order chi connectivity index (χ0) is 17.9. The van der Waals surface area contributed by atoms with Gasteiger partial charge in [0, 0.05) is 24.8 Å². The largest absolute Gasteiger partial charge is 0.344 e. The van der Waals surface area contributed by atoms with Crippen molar-refractivity contribution in [3.8, 4) is 0 Å². The molecule has 1 fully saturated rings. The third-order valence-electron chi connectivity index (χ3n) is 4.54. The molecule has 0 aliphatic carbocycles. The summed E-state index contributed by atoms with van der Waals surface area (Å²) >= 11 is 5.63. The smallest absolute Gasteiger partial charge is 0.173 e. The van der Waals surface area contributed by atoms with Crippen LogP contribution in [-0.2, 0) is 9.84 Å². The number of hydrogen-bond acceptors (Lipinski definition) is 4. The Morgan fingerprint density at radius 3 is 2.58 bits per heavy atom. The second kappa shape index (κ2) is 7.80. The van der Waals surface area contributed by atoms with Gasteiger partial charge < -0.3 is 15.1 Å². The lowest BCUT2D eigenvalue weighted by Gasteiger charge is -2.32. The Morgan fingerprint density at radius 2 is 2.00 bits per heavy atom. The number of aryl methyl sites for hydroxylation is 1. The van der Waals surface area contributed by atoms with Gasteiger partial charge in [-0.05, 0) is 63.8 Å². The number of sulfone groups is 1. The van der Waals surface area contributed by atoms with E-state index in [2.05, 4.69) is 30.1 Å². The lowest BCUT2D eigenvalue weighted by atomic mass is 10.1. The predicted octanol–water partition coefficient (Wildman–Crippen LogP) is 2.05. The Hall–Kier alpha value is -1.18. The van der Waals surface area contributed by atoms with Crippen LogP contribution in [0.4, 0.5) is 5.69 Å². The summed E-state index contributed by atoms with van der Waals surface area (Å²) in [5.74, 6) is 0.442. The summed E-state index contributed by atoms with van der Waals surface area (Å²) in [7, 11) is 1.07. The van der Waals surface area contributed by atoms with Crippen molar-refractivity contribution >= 4 is 32.9 Å². The molecule has 1 atom stereocenters. The van der Waals surface area contributed by atoms with Gasteiger partial charge in [0.15, 0.2) is 14.9 Å². The van der Waals surface area contributed by atoms with Crippen molar-refractivity contribution in [1.82, 2.24) is 9.80 Å². The monoisotopic (exact) mass is 369 g/mol. The molecular weight excluding hydrogens is 342 g/mol. The lowest BCUT2D eigenvalue weighted by molar-refractivity contribution is 0.289. The van der Waals surface area contributed by atoms with Crippen LogP contribution in [0.15, 0.2) is 18.2 Å². The zero-order valence-electron chi connectivity index (χ0n) is 14.9. The van der Waals surface area contributed by atoms with Gasteiger partial charge in [0.2, 0.25) is 0 Å². The number of likely N-dealkylation sites (N-methyl/N-ethyl adjacent to an activating group) is 1. The fraction of sp³-hybridized carbons (Fsp3) is 0.588. The standard InChI is InChI=1S/C17H27N3O2S2/c1-13-6-5-7-16(14(13)2)18-17(23)20(10-9-19(3)4)15-8-11-24(21,22)12-15/h5-7,15H,8-12H2,1-4H3,(H,18,23)/t15-/m1/s1. The van der Waals surface area contributed by atoms with Gasteiger partial charge in [0.25, 0.3) is 0 Å². The number of rotatable bonds is 5. The van der Waals surface area contributed by atoms with Gasteiger partial charge in [-0.25, -0.2) is 8.42 Å². The molecular formula is C17H27N3O2S2. The second-order valence-electron chi connectivity index (χ2n) is 6.73. The first-order chi connectivity index (χ1) is 11.2. The molecule has 0 unspecified atom stereocenters. The fourth-order valence-electron chi connectivity index (χ4n) is 2.85. The maximum Gasteiger partial charge on any atom is 0.173 e. The van der Waals surface area contributed by atoms with Crippen molar-refractivity contribution in [2.45, 2.75) is 26.3 Å². The number of anilines is 1. The first kappa shape index (κ1) is 19.1. The molecule has 5 nitrogen and oxygen atoms in total. The second-order valence-corrected chi connectivity index (χ2v) is 9.35. The van der Waals surface area contributed by atoms with E-state index >= 15 is 0 Å². The van der Waals surface area contributed by atoms with E-state index in [0.717, 1.165) is 17.8 Å². The normalized spacial score (nSPS) is 19.5. The van der Waals surface area contributed by atoms with Crippen LogP contribution in [0.25, 0.3) is 0 Å². The maximum atomic E-state index is 11.9. The average Bonchev–Trinajstić information content (AvgIpc) is 2.84. The summed E-state index contributed by atoms with van der Waals surface area (Å²) in [6.45, 7) is 5.66. The minimum absolute atomic E-state index is 0.0416. The fourth-order valence-corrected chi connectivity index (χ4v) is 4.93. The molecule has 1 aliphatic rings. The molecule has 1 aromatic carbocycles. The molecule has 0 saturated carbocycles. The van der Waals surface area contributed by atoms with Crippen LogP contribution in [0.1, 0.15) is 17.5 Å². The molecule has 1 saturated heterocycles. The average molecular weight is 370 g/mol. The molecule has 2 rings (SSSR count). The van der Waals surface area contributed by atoms with Crippen LogP contribution < -0.4 is 5.32 Å². The predicted molar refractivity (Wildman–Crippen MR) is 104 cm³/mol. The first-order valence-electron chi connectivity index (χ1n) is 8.18. The first-order valence-corrected chi connectivity index (χ1v) is 10.4. The van der Waals surface area contributed by atoms with E-state index in [-0.39, 0.29) is 17.5 Å². The highest BCUT2D eigenvalue weighted by Gasteiger charge is 2.33. The SMILES string of the molecule is Cc1cccc(NC(=S)N(CCN(C)C)[C@@H]2CCS(=O)(=O)C2)c1C. The van der Waals surface area contributed by atoms with E-state index in [1.807, 2.05) is 31.1 Å². The van der Waals surface area contributed by atoms with Crippen molar-refractivity contribution in [3.63, 3.8) is 0 Å². The molecule has 0 bridgehead atoms. The number of benzene rings is 1. The van der Waals surface area contributed by atoms with Crippen LogP contribution in [0.3, 0.4) is 0 Å². The third kappa shape index (κ3) is 4.91. The number of nitrogens with zero attached hydrogens (tertiary/aromatic N) is 2. The summed E-state index contributed by atoms with van der Waals surface area (Å²) in [6, 6.07) is 6.03. The molecule has 0 spiro atoms. The quantitative estimate of drug-likeness (QED) is 0.802. The number of hydrogen-bond donors (Lipinski definition) is 1. The van der Waals surface area contributed by atoms with Gasteiger partial charge in [-0.2, -0.15) is 0 Å². The van der Waals surface area contributed by atoms with Crippen LogP contribution in [0.2, 0.25) is 0 Å². The van der Waals surface area contributed by atoms with Gasteiger partial charge in [-0.1, -0.05) is 12.1 Å². The minimum atomic E-state index is -2.94. The van der Waals surface area contributed by atoms with Gasteiger partial charge in [-0.3, -0.25) is 0 Å². The summed E-state index contributed by atoms with van der Waals surface area (Å²) in [4.78, 5) is 4.12. The van der Waals surface area contributed by atoms with Crippen LogP contribution in [0.5, 0.6) is 0 Å². The van der Waals surface area contributed by atoms with E-state index in [4.69, 9.17) is 12.2 Å². The Labute approximate surface area is 150 Å². The Kier molecular flexibility index (Phi) is 6.22. The number of nitrogens with one attached hydrogen (secondary N) is 1. The topological polar surface area (TPSA) is 52.6 Å². The van der Waals surface area contributed by atoms with Crippen molar-refractivity contribution in [1.29, 1.82) is 0 Å². The van der Waals surface area contributed by atoms with E-state index in [1.165, 1.54) is 5.56 Å². The maximum absolute atomic E-state index is 11.9. The molecule has 1 aromatic rings. The molecule has 1 heterocycles. The Morgan fingerprint density at radius 1 is 1.29 bits per heavy atom. The molecule has 0 aromatic heterocycles. The van der Waals surface area contributed by atoms with Crippen molar-refractivity contribution in [2.24, 2.45) is 0 Å². The Balaban J connectivity index is 2.16. The molecule has 1 aliphatic heterocycles. The molecule has 134 valence electrons. The number of thiocarbonyl (C=S) groups is 1.